The fourth-order valence-electron chi connectivity index (χ4n) is 1.24. The lowest BCUT2D eigenvalue weighted by Gasteiger charge is -2.06. The topological polar surface area (TPSA) is 104 Å². The third-order valence-corrected chi connectivity index (χ3v) is 3.55. The Morgan fingerprint density at radius 2 is 1.67 bits per heavy atom. The number of hydrogen-bond donors (Lipinski definition) is 3. The van der Waals surface area contributed by atoms with Crippen LogP contribution in [0.4, 0.5) is 21.7 Å². The molecule has 0 aliphatic heterocycles. The van der Waals surface area contributed by atoms with E-state index in [9.17, 15) is 4.39 Å². The van der Waals surface area contributed by atoms with E-state index in [2.05, 4.69) is 25.9 Å². The maximum Gasteiger partial charge on any atom is 0.196 e. The number of nitrogens with zero attached hydrogens (tertiary/aromatic N) is 2. The first-order valence-electron chi connectivity index (χ1n) is 4.78. The fraction of sp³-hybridized carbons (Fsp3) is 0. The maximum absolute atomic E-state index is 13.2. The Bertz CT molecular complexity index is 587. The first-order valence-corrected chi connectivity index (χ1v) is 6.39. The van der Waals surface area contributed by atoms with Gasteiger partial charge >= 0.3 is 0 Å². The van der Waals surface area contributed by atoms with Crippen molar-refractivity contribution in [2.24, 2.45) is 0 Å². The quantitative estimate of drug-likeness (QED) is 0.576. The van der Waals surface area contributed by atoms with Crippen molar-refractivity contribution < 1.29 is 4.39 Å². The number of nitrogens with two attached hydrogens (primary N) is 3. The summed E-state index contributed by atoms with van der Waals surface area (Å²) in [5.74, 6) is 0.111. The minimum absolute atomic E-state index is 0.268. The molecule has 0 amide bonds. The first kappa shape index (κ1) is 12.9. The molecule has 0 saturated carbocycles. The summed E-state index contributed by atoms with van der Waals surface area (Å²) >= 11 is 4.25. The van der Waals surface area contributed by atoms with Gasteiger partial charge in [-0.2, -0.15) is 0 Å². The van der Waals surface area contributed by atoms with Crippen LogP contribution in [0.25, 0.3) is 0 Å². The van der Waals surface area contributed by atoms with Gasteiger partial charge in [0.1, 0.15) is 17.5 Å². The number of nitrogen functional groups attached to an aromatic ring is 3. The Hall–Kier alpha value is -1.54. The molecule has 2 rings (SSSR count). The number of halogens is 2. The molecule has 2 aromatic rings. The van der Waals surface area contributed by atoms with Crippen LogP contribution in [-0.4, -0.2) is 9.97 Å². The molecule has 1 aromatic heterocycles. The van der Waals surface area contributed by atoms with Gasteiger partial charge in [0.25, 0.3) is 0 Å². The lowest BCUT2D eigenvalue weighted by Crippen LogP contribution is -1.99. The molecule has 0 saturated heterocycles. The second-order valence-electron chi connectivity index (χ2n) is 3.41. The standard InChI is InChI=1S/C10H9BrFN5S/c11-4-1-7(6(13)2-5(4)12)18-10-16-8(14)3-9(15)17-10/h1-3H,13H2,(H4,14,15,16,17). The van der Waals surface area contributed by atoms with E-state index in [4.69, 9.17) is 17.2 Å². The van der Waals surface area contributed by atoms with E-state index < -0.39 is 5.82 Å². The van der Waals surface area contributed by atoms with Gasteiger partial charge < -0.3 is 17.2 Å². The molecular weight excluding hydrogens is 321 g/mol. The van der Waals surface area contributed by atoms with Crippen LogP contribution in [0.15, 0.2) is 32.7 Å². The van der Waals surface area contributed by atoms with Gasteiger partial charge in [-0.1, -0.05) is 0 Å². The maximum atomic E-state index is 13.2. The van der Waals surface area contributed by atoms with Crippen LogP contribution in [0.3, 0.4) is 0 Å². The fourth-order valence-corrected chi connectivity index (χ4v) is 2.59. The molecule has 0 fully saturated rings. The largest absolute Gasteiger partial charge is 0.398 e. The first-order chi connectivity index (χ1) is 8.45. The van der Waals surface area contributed by atoms with E-state index >= 15 is 0 Å². The molecule has 0 unspecified atom stereocenters. The Morgan fingerprint density at radius 3 is 2.28 bits per heavy atom. The predicted molar refractivity (Wildman–Crippen MR) is 73.5 cm³/mol. The van der Waals surface area contributed by atoms with E-state index in [-0.39, 0.29) is 11.6 Å². The van der Waals surface area contributed by atoms with Gasteiger partial charge in [0.15, 0.2) is 5.16 Å². The third kappa shape index (κ3) is 2.82. The molecule has 8 heteroatoms. The van der Waals surface area contributed by atoms with E-state index in [1.807, 2.05) is 0 Å². The van der Waals surface area contributed by atoms with Crippen molar-refractivity contribution in [3.05, 3.63) is 28.5 Å². The smallest absolute Gasteiger partial charge is 0.196 e. The van der Waals surface area contributed by atoms with E-state index in [1.165, 1.54) is 12.1 Å². The monoisotopic (exact) mass is 329 g/mol. The Kier molecular flexibility index (Phi) is 3.58. The molecule has 5 nitrogen and oxygen atoms in total. The van der Waals surface area contributed by atoms with Gasteiger partial charge in [0.2, 0.25) is 0 Å². The van der Waals surface area contributed by atoms with Crippen LogP contribution >= 0.6 is 27.7 Å². The normalized spacial score (nSPS) is 10.6. The van der Waals surface area contributed by atoms with Gasteiger partial charge in [-0.25, -0.2) is 14.4 Å². The number of benzene rings is 1. The Morgan fingerprint density at radius 1 is 1.06 bits per heavy atom. The molecule has 0 radical (unpaired) electrons. The summed E-state index contributed by atoms with van der Waals surface area (Å²) in [5, 5.41) is 0.359. The highest BCUT2D eigenvalue weighted by Crippen LogP contribution is 2.34. The highest BCUT2D eigenvalue weighted by atomic mass is 79.9. The van der Waals surface area contributed by atoms with Crippen LogP contribution in [0.1, 0.15) is 0 Å². The molecule has 1 heterocycles. The molecular formula is C10H9BrFN5S. The molecule has 0 aliphatic rings. The number of aromatic nitrogens is 2. The molecule has 0 aliphatic carbocycles. The van der Waals surface area contributed by atoms with Crippen molar-refractivity contribution in [3.63, 3.8) is 0 Å². The zero-order valence-corrected chi connectivity index (χ0v) is 11.4. The lowest BCUT2D eigenvalue weighted by molar-refractivity contribution is 0.620. The average Bonchev–Trinajstić information content (AvgIpc) is 2.24. The number of anilines is 3. The third-order valence-electron chi connectivity index (χ3n) is 2.00. The van der Waals surface area contributed by atoms with Gasteiger partial charge in [-0.15, -0.1) is 0 Å². The van der Waals surface area contributed by atoms with Gasteiger partial charge in [0.05, 0.1) is 4.47 Å². The second kappa shape index (κ2) is 4.99. The number of hydrogen-bond acceptors (Lipinski definition) is 6. The highest BCUT2D eigenvalue weighted by Gasteiger charge is 2.10. The summed E-state index contributed by atoms with van der Waals surface area (Å²) in [7, 11) is 0. The average molecular weight is 330 g/mol. The summed E-state index contributed by atoms with van der Waals surface area (Å²) < 4.78 is 13.5. The van der Waals surface area contributed by atoms with E-state index in [0.29, 0.717) is 20.2 Å². The van der Waals surface area contributed by atoms with Crippen molar-refractivity contribution in [1.29, 1.82) is 0 Å². The number of rotatable bonds is 2. The lowest BCUT2D eigenvalue weighted by atomic mass is 10.3. The predicted octanol–water partition coefficient (Wildman–Crippen LogP) is 2.28. The van der Waals surface area contributed by atoms with Crippen molar-refractivity contribution in [1.82, 2.24) is 9.97 Å². The summed E-state index contributed by atoms with van der Waals surface area (Å²) in [6.45, 7) is 0. The molecule has 1 aromatic carbocycles. The molecule has 0 spiro atoms. The minimum Gasteiger partial charge on any atom is -0.398 e. The van der Waals surface area contributed by atoms with Gasteiger partial charge in [0, 0.05) is 16.6 Å². The van der Waals surface area contributed by atoms with Crippen LogP contribution in [0, 0.1) is 5.82 Å². The zero-order valence-electron chi connectivity index (χ0n) is 9.02. The minimum atomic E-state index is -0.426. The van der Waals surface area contributed by atoms with Crippen LogP contribution in [0.2, 0.25) is 0 Å². The summed E-state index contributed by atoms with van der Waals surface area (Å²) in [6, 6.07) is 4.23. The molecule has 18 heavy (non-hydrogen) atoms. The van der Waals surface area contributed by atoms with Crippen LogP contribution in [-0.2, 0) is 0 Å². The summed E-state index contributed by atoms with van der Waals surface area (Å²) in [5.41, 5.74) is 17.1. The van der Waals surface area contributed by atoms with Crippen LogP contribution in [0.5, 0.6) is 0 Å². The molecule has 0 bridgehead atoms. The van der Waals surface area contributed by atoms with Crippen molar-refractivity contribution in [3.8, 4) is 0 Å². The van der Waals surface area contributed by atoms with Gasteiger partial charge in [-0.3, -0.25) is 0 Å². The molecule has 0 atom stereocenters. The van der Waals surface area contributed by atoms with Crippen LogP contribution < -0.4 is 17.2 Å². The van der Waals surface area contributed by atoms with Crippen molar-refractivity contribution in [2.45, 2.75) is 10.1 Å². The second-order valence-corrected chi connectivity index (χ2v) is 5.27. The van der Waals surface area contributed by atoms with Crippen molar-refractivity contribution >= 4 is 45.0 Å². The Labute approximate surface area is 115 Å². The molecule has 6 N–H and O–H groups in total. The van der Waals surface area contributed by atoms with Gasteiger partial charge in [-0.05, 0) is 39.8 Å². The Balaban J connectivity index is 2.36. The summed E-state index contributed by atoms with van der Waals surface area (Å²) in [6.07, 6.45) is 0. The van der Waals surface area contributed by atoms with Crippen molar-refractivity contribution in [2.75, 3.05) is 17.2 Å². The highest BCUT2D eigenvalue weighted by molar-refractivity contribution is 9.10. The van der Waals surface area contributed by atoms with E-state index in [0.717, 1.165) is 11.8 Å². The molecule has 94 valence electrons. The SMILES string of the molecule is Nc1cc(N)nc(Sc2cc(Br)c(F)cc2N)n1. The summed E-state index contributed by atoms with van der Waals surface area (Å²) in [4.78, 5) is 8.63. The zero-order chi connectivity index (χ0) is 13.3. The van der Waals surface area contributed by atoms with E-state index in [1.54, 1.807) is 6.07 Å².